The van der Waals surface area contributed by atoms with Crippen LogP contribution in [0.5, 0.6) is 0 Å². The summed E-state index contributed by atoms with van der Waals surface area (Å²) in [4.78, 5) is 20.3. The molecule has 0 unspecified atom stereocenters. The van der Waals surface area contributed by atoms with E-state index in [1.54, 1.807) is 0 Å². The van der Waals surface area contributed by atoms with E-state index >= 15 is 0 Å². The Hall–Kier alpha value is -1.06. The van der Waals surface area contributed by atoms with Gasteiger partial charge in [-0.25, -0.2) is 0 Å². The highest BCUT2D eigenvalue weighted by Gasteiger charge is 2.09. The molecule has 0 heterocycles. The minimum Gasteiger partial charge on any atom is -0.550 e. The van der Waals surface area contributed by atoms with Gasteiger partial charge in [0.15, 0.2) is 0 Å². The van der Waals surface area contributed by atoms with Crippen molar-refractivity contribution < 1.29 is 19.8 Å². The molecule has 0 radical (unpaired) electrons. The summed E-state index contributed by atoms with van der Waals surface area (Å²) in [6.07, 6.45) is 0.0602. The van der Waals surface area contributed by atoms with Crippen molar-refractivity contribution in [1.29, 1.82) is 0 Å². The quantitative estimate of drug-likeness (QED) is 0.481. The maximum atomic E-state index is 10.1. The van der Waals surface area contributed by atoms with Crippen molar-refractivity contribution in [3.63, 3.8) is 0 Å². The maximum Gasteiger partial charge on any atom is 0.0442 e. The minimum absolute atomic E-state index is 0.0602. The standard InChI is InChI=1S/C7H12O4/c1-4(6(8)9)3-5(2)7(10)11/h4-5H,3H2,1-2H3,(H,8,9)(H,10,11)/p-2/t4-,5+. The predicted molar refractivity (Wildman–Crippen MR) is 33.0 cm³/mol. The van der Waals surface area contributed by atoms with Crippen LogP contribution >= 0.6 is 0 Å². The molecule has 0 aromatic rings. The van der Waals surface area contributed by atoms with E-state index in [2.05, 4.69) is 0 Å². The van der Waals surface area contributed by atoms with E-state index in [0.29, 0.717) is 0 Å². The Labute approximate surface area is 64.8 Å². The first kappa shape index (κ1) is 9.94. The molecule has 0 amide bonds. The molecule has 0 saturated heterocycles. The normalized spacial score (nSPS) is 15.5. The summed E-state index contributed by atoms with van der Waals surface area (Å²) in [7, 11) is 0. The SMILES string of the molecule is C[C@H](C[C@H](C)C(=O)[O-])C(=O)[O-]. The third kappa shape index (κ3) is 3.60. The Morgan fingerprint density at radius 1 is 1.09 bits per heavy atom. The molecule has 0 aromatic carbocycles. The molecule has 0 fully saturated rings. The lowest BCUT2D eigenvalue weighted by molar-refractivity contribution is -0.315. The van der Waals surface area contributed by atoms with Crippen molar-refractivity contribution in [2.45, 2.75) is 20.3 Å². The van der Waals surface area contributed by atoms with E-state index in [4.69, 9.17) is 0 Å². The van der Waals surface area contributed by atoms with Crippen molar-refractivity contribution >= 4 is 11.9 Å². The summed E-state index contributed by atoms with van der Waals surface area (Å²) in [5.41, 5.74) is 0. The first-order chi connectivity index (χ1) is 4.95. The second kappa shape index (κ2) is 3.95. The highest BCUT2D eigenvalue weighted by Crippen LogP contribution is 2.09. The van der Waals surface area contributed by atoms with Crippen LogP contribution in [0.25, 0.3) is 0 Å². The molecule has 0 aliphatic carbocycles. The van der Waals surface area contributed by atoms with Crippen LogP contribution in [0.2, 0.25) is 0 Å². The summed E-state index contributed by atoms with van der Waals surface area (Å²) in [5, 5.41) is 20.3. The fourth-order valence-corrected chi connectivity index (χ4v) is 0.723. The van der Waals surface area contributed by atoms with Gasteiger partial charge in [0.25, 0.3) is 0 Å². The molecule has 0 rings (SSSR count). The largest absolute Gasteiger partial charge is 0.550 e. The molecule has 0 spiro atoms. The van der Waals surface area contributed by atoms with Crippen molar-refractivity contribution in [3.8, 4) is 0 Å². The highest BCUT2D eigenvalue weighted by atomic mass is 16.4. The Morgan fingerprint density at radius 2 is 1.36 bits per heavy atom. The third-order valence-corrected chi connectivity index (χ3v) is 1.51. The second-order valence-corrected chi connectivity index (χ2v) is 2.68. The number of hydrogen-bond donors (Lipinski definition) is 0. The molecular formula is C7H10O4-2. The highest BCUT2D eigenvalue weighted by molar-refractivity contribution is 5.70. The van der Waals surface area contributed by atoms with E-state index in [-0.39, 0.29) is 6.42 Å². The number of carboxylic acids is 2. The summed E-state index contributed by atoms with van der Waals surface area (Å²) < 4.78 is 0. The zero-order valence-corrected chi connectivity index (χ0v) is 6.49. The third-order valence-electron chi connectivity index (χ3n) is 1.51. The van der Waals surface area contributed by atoms with Gasteiger partial charge >= 0.3 is 0 Å². The van der Waals surface area contributed by atoms with Gasteiger partial charge in [-0.1, -0.05) is 13.8 Å². The van der Waals surface area contributed by atoms with Crippen LogP contribution in [-0.4, -0.2) is 11.9 Å². The van der Waals surface area contributed by atoms with Gasteiger partial charge < -0.3 is 19.8 Å². The molecule has 0 saturated carbocycles. The predicted octanol–water partition coefficient (Wildman–Crippen LogP) is -1.85. The van der Waals surface area contributed by atoms with Crippen LogP contribution in [0, 0.1) is 11.8 Å². The van der Waals surface area contributed by atoms with E-state index in [0.717, 1.165) is 0 Å². The van der Waals surface area contributed by atoms with E-state index in [1.165, 1.54) is 13.8 Å². The average Bonchev–Trinajstić information content (AvgIpc) is 1.87. The molecule has 4 nitrogen and oxygen atoms in total. The van der Waals surface area contributed by atoms with Crippen LogP contribution in [-0.2, 0) is 9.59 Å². The van der Waals surface area contributed by atoms with Crippen LogP contribution in [0.1, 0.15) is 20.3 Å². The topological polar surface area (TPSA) is 80.3 Å². The molecule has 0 aliphatic heterocycles. The number of carbonyl (C=O) groups excluding carboxylic acids is 2. The monoisotopic (exact) mass is 158 g/mol. The summed E-state index contributed by atoms with van der Waals surface area (Å²) >= 11 is 0. The van der Waals surface area contributed by atoms with Gasteiger partial charge in [0.05, 0.1) is 0 Å². The number of hydrogen-bond acceptors (Lipinski definition) is 4. The summed E-state index contributed by atoms with van der Waals surface area (Å²) in [6, 6.07) is 0. The van der Waals surface area contributed by atoms with Gasteiger partial charge in [-0.2, -0.15) is 0 Å². The lowest BCUT2D eigenvalue weighted by Crippen LogP contribution is -2.35. The number of carboxylic acid groups (broad SMARTS) is 2. The second-order valence-electron chi connectivity index (χ2n) is 2.68. The van der Waals surface area contributed by atoms with E-state index in [9.17, 15) is 19.8 Å². The molecular weight excluding hydrogens is 148 g/mol. The zero-order chi connectivity index (χ0) is 9.02. The van der Waals surface area contributed by atoms with Crippen LogP contribution in [0.4, 0.5) is 0 Å². The molecule has 64 valence electrons. The lowest BCUT2D eigenvalue weighted by Gasteiger charge is -2.18. The van der Waals surface area contributed by atoms with Gasteiger partial charge in [0.2, 0.25) is 0 Å². The molecule has 4 heteroatoms. The Morgan fingerprint density at radius 3 is 1.55 bits per heavy atom. The number of rotatable bonds is 4. The van der Waals surface area contributed by atoms with Gasteiger partial charge in [0, 0.05) is 11.9 Å². The molecule has 0 aliphatic rings. The van der Waals surface area contributed by atoms with Crippen molar-refractivity contribution in [3.05, 3.63) is 0 Å². The molecule has 0 bridgehead atoms. The van der Waals surface area contributed by atoms with Crippen LogP contribution in [0.15, 0.2) is 0 Å². The smallest absolute Gasteiger partial charge is 0.0442 e. The van der Waals surface area contributed by atoms with Gasteiger partial charge in [0.1, 0.15) is 0 Å². The Balaban J connectivity index is 3.84. The average molecular weight is 158 g/mol. The maximum absolute atomic E-state index is 10.1. The molecule has 11 heavy (non-hydrogen) atoms. The van der Waals surface area contributed by atoms with E-state index < -0.39 is 23.8 Å². The molecule has 2 atom stereocenters. The number of carbonyl (C=O) groups is 2. The fourth-order valence-electron chi connectivity index (χ4n) is 0.723. The lowest BCUT2D eigenvalue weighted by atomic mass is 9.98. The Bertz CT molecular complexity index is 146. The molecule has 0 N–H and O–H groups in total. The van der Waals surface area contributed by atoms with E-state index in [1.807, 2.05) is 0 Å². The summed E-state index contributed by atoms with van der Waals surface area (Å²) in [5.74, 6) is -3.91. The van der Waals surface area contributed by atoms with Crippen molar-refractivity contribution in [2.75, 3.05) is 0 Å². The van der Waals surface area contributed by atoms with Gasteiger partial charge in [-0.3, -0.25) is 0 Å². The van der Waals surface area contributed by atoms with Gasteiger partial charge in [-0.15, -0.1) is 0 Å². The molecule has 0 aromatic heterocycles. The zero-order valence-electron chi connectivity index (χ0n) is 6.49. The number of aliphatic carboxylic acids is 2. The fraction of sp³-hybridized carbons (Fsp3) is 0.714. The van der Waals surface area contributed by atoms with Crippen molar-refractivity contribution in [1.82, 2.24) is 0 Å². The van der Waals surface area contributed by atoms with Crippen molar-refractivity contribution in [2.24, 2.45) is 11.8 Å². The summed E-state index contributed by atoms with van der Waals surface area (Å²) in [6.45, 7) is 2.82. The van der Waals surface area contributed by atoms with Crippen LogP contribution in [0.3, 0.4) is 0 Å². The first-order valence-corrected chi connectivity index (χ1v) is 3.37. The minimum atomic E-state index is -1.22. The van der Waals surface area contributed by atoms with Gasteiger partial charge in [-0.05, 0) is 18.3 Å². The first-order valence-electron chi connectivity index (χ1n) is 3.37. The Kier molecular flexibility index (Phi) is 3.57. The van der Waals surface area contributed by atoms with Crippen LogP contribution < -0.4 is 10.2 Å².